The first-order valence-electron chi connectivity index (χ1n) is 6.70. The summed E-state index contributed by atoms with van der Waals surface area (Å²) in [4.78, 5) is 0. The fraction of sp³-hybridized carbons (Fsp3) is 0.467. The maximum atomic E-state index is 6.43. The Balaban J connectivity index is 2.02. The highest BCUT2D eigenvalue weighted by Crippen LogP contribution is 2.50. The molecule has 94 valence electrons. The molecular formula is C15H18N2O. The molecule has 0 unspecified atom stereocenters. The van der Waals surface area contributed by atoms with E-state index in [1.165, 1.54) is 29.4 Å². The van der Waals surface area contributed by atoms with Crippen LogP contribution in [0.15, 0.2) is 24.3 Å². The van der Waals surface area contributed by atoms with Crippen LogP contribution in [-0.4, -0.2) is 11.7 Å². The molecule has 2 aliphatic carbocycles. The Morgan fingerprint density at radius 2 is 2.11 bits per heavy atom. The van der Waals surface area contributed by atoms with E-state index in [1.807, 2.05) is 6.07 Å². The lowest BCUT2D eigenvalue weighted by Crippen LogP contribution is -2.22. The molecule has 4 rings (SSSR count). The predicted octanol–water partition coefficient (Wildman–Crippen LogP) is 2.93. The van der Waals surface area contributed by atoms with Crippen LogP contribution in [0.3, 0.4) is 0 Å². The summed E-state index contributed by atoms with van der Waals surface area (Å²) in [5.41, 5.74) is 8.94. The van der Waals surface area contributed by atoms with Crippen molar-refractivity contribution in [3.8, 4) is 5.75 Å². The Hall–Kier alpha value is -1.48. The third kappa shape index (κ3) is 1.34. The number of hydrogen-bond acceptors (Lipinski definition) is 2. The standard InChI is InChI=1S/C15H18N2O/c1-18-13-4-2-3-12-11(13)9-14(15(16)7-8-15)17(12)10-5-6-10/h2-4,9-10H,5-8,16H2,1H3. The Morgan fingerprint density at radius 1 is 1.33 bits per heavy atom. The number of fused-ring (bicyclic) bond motifs is 1. The molecule has 1 heterocycles. The topological polar surface area (TPSA) is 40.2 Å². The third-order valence-electron chi connectivity index (χ3n) is 4.27. The lowest BCUT2D eigenvalue weighted by molar-refractivity contribution is 0.420. The fourth-order valence-electron chi connectivity index (χ4n) is 2.90. The van der Waals surface area contributed by atoms with Gasteiger partial charge in [-0.25, -0.2) is 0 Å². The Kier molecular flexibility index (Phi) is 1.91. The van der Waals surface area contributed by atoms with E-state index in [-0.39, 0.29) is 5.54 Å². The maximum Gasteiger partial charge on any atom is 0.128 e. The molecule has 0 spiro atoms. The van der Waals surface area contributed by atoms with Crippen LogP contribution in [0.4, 0.5) is 0 Å². The molecule has 3 heteroatoms. The van der Waals surface area contributed by atoms with E-state index >= 15 is 0 Å². The second-order valence-corrected chi connectivity index (χ2v) is 5.68. The molecule has 0 amide bonds. The third-order valence-corrected chi connectivity index (χ3v) is 4.27. The maximum absolute atomic E-state index is 6.43. The second-order valence-electron chi connectivity index (χ2n) is 5.68. The summed E-state index contributed by atoms with van der Waals surface area (Å²) < 4.78 is 7.94. The van der Waals surface area contributed by atoms with Crippen molar-refractivity contribution >= 4 is 10.9 Å². The minimum absolute atomic E-state index is 0.0768. The highest BCUT2D eigenvalue weighted by Gasteiger charge is 2.45. The molecule has 0 bridgehead atoms. The lowest BCUT2D eigenvalue weighted by atomic mass is 10.2. The van der Waals surface area contributed by atoms with E-state index in [0.29, 0.717) is 6.04 Å². The Bertz CT molecular complexity index is 621. The summed E-state index contributed by atoms with van der Waals surface area (Å²) in [7, 11) is 1.73. The molecule has 18 heavy (non-hydrogen) atoms. The smallest absolute Gasteiger partial charge is 0.128 e. The number of rotatable bonds is 3. The molecular weight excluding hydrogens is 224 g/mol. The second kappa shape index (κ2) is 3.29. The monoisotopic (exact) mass is 242 g/mol. The first-order valence-corrected chi connectivity index (χ1v) is 6.70. The average molecular weight is 242 g/mol. The van der Waals surface area contributed by atoms with Gasteiger partial charge < -0.3 is 15.0 Å². The highest BCUT2D eigenvalue weighted by atomic mass is 16.5. The summed E-state index contributed by atoms with van der Waals surface area (Å²) in [6.07, 6.45) is 4.78. The van der Waals surface area contributed by atoms with Gasteiger partial charge in [0.25, 0.3) is 0 Å². The summed E-state index contributed by atoms with van der Waals surface area (Å²) in [6.45, 7) is 0. The molecule has 2 N–H and O–H groups in total. The van der Waals surface area contributed by atoms with Crippen LogP contribution in [0, 0.1) is 0 Å². The largest absolute Gasteiger partial charge is 0.496 e. The molecule has 3 nitrogen and oxygen atoms in total. The van der Waals surface area contributed by atoms with Crippen molar-refractivity contribution in [2.24, 2.45) is 5.73 Å². The molecule has 1 aromatic heterocycles. The number of nitrogens with two attached hydrogens (primary N) is 1. The van der Waals surface area contributed by atoms with Crippen LogP contribution in [0.2, 0.25) is 0 Å². The zero-order valence-electron chi connectivity index (χ0n) is 10.6. The molecule has 0 radical (unpaired) electrons. The molecule has 2 aliphatic rings. The van der Waals surface area contributed by atoms with E-state index < -0.39 is 0 Å². The summed E-state index contributed by atoms with van der Waals surface area (Å²) in [6, 6.07) is 9.19. The van der Waals surface area contributed by atoms with Gasteiger partial charge in [0.1, 0.15) is 5.75 Å². The molecule has 2 aromatic rings. The quantitative estimate of drug-likeness (QED) is 0.899. The first-order chi connectivity index (χ1) is 8.73. The van der Waals surface area contributed by atoms with Gasteiger partial charge in [0.2, 0.25) is 0 Å². The molecule has 2 fully saturated rings. The van der Waals surface area contributed by atoms with Gasteiger partial charge in [-0.15, -0.1) is 0 Å². The van der Waals surface area contributed by atoms with Crippen molar-refractivity contribution in [1.82, 2.24) is 4.57 Å². The zero-order valence-corrected chi connectivity index (χ0v) is 10.6. The molecule has 0 saturated heterocycles. The number of ether oxygens (including phenoxy) is 1. The van der Waals surface area contributed by atoms with Gasteiger partial charge in [0.15, 0.2) is 0 Å². The summed E-state index contributed by atoms with van der Waals surface area (Å²) in [5, 5.41) is 1.21. The van der Waals surface area contributed by atoms with Crippen molar-refractivity contribution < 1.29 is 4.74 Å². The fourth-order valence-corrected chi connectivity index (χ4v) is 2.90. The molecule has 1 aromatic carbocycles. The first kappa shape index (κ1) is 10.4. The van der Waals surface area contributed by atoms with Gasteiger partial charge in [0.05, 0.1) is 18.2 Å². The van der Waals surface area contributed by atoms with Crippen LogP contribution in [0.25, 0.3) is 10.9 Å². The van der Waals surface area contributed by atoms with Crippen molar-refractivity contribution in [3.05, 3.63) is 30.0 Å². The average Bonchev–Trinajstić information content (AvgIpc) is 3.30. The van der Waals surface area contributed by atoms with E-state index in [9.17, 15) is 0 Å². The van der Waals surface area contributed by atoms with Crippen LogP contribution in [0.5, 0.6) is 5.75 Å². The Morgan fingerprint density at radius 3 is 2.72 bits per heavy atom. The van der Waals surface area contributed by atoms with Gasteiger partial charge in [-0.05, 0) is 43.9 Å². The van der Waals surface area contributed by atoms with Crippen LogP contribution in [-0.2, 0) is 5.54 Å². The number of aromatic nitrogens is 1. The van der Waals surface area contributed by atoms with Gasteiger partial charge in [-0.1, -0.05) is 6.07 Å². The predicted molar refractivity (Wildman–Crippen MR) is 71.9 cm³/mol. The molecule has 2 saturated carbocycles. The minimum atomic E-state index is -0.0768. The SMILES string of the molecule is COc1cccc2c1cc(C1(N)CC1)n2C1CC1. The van der Waals surface area contributed by atoms with Crippen molar-refractivity contribution in [3.63, 3.8) is 0 Å². The number of benzene rings is 1. The number of methoxy groups -OCH3 is 1. The number of hydrogen-bond donors (Lipinski definition) is 1. The van der Waals surface area contributed by atoms with E-state index in [2.05, 4.69) is 22.8 Å². The van der Waals surface area contributed by atoms with Gasteiger partial charge >= 0.3 is 0 Å². The van der Waals surface area contributed by atoms with E-state index in [4.69, 9.17) is 10.5 Å². The van der Waals surface area contributed by atoms with Crippen LogP contribution < -0.4 is 10.5 Å². The van der Waals surface area contributed by atoms with Crippen molar-refractivity contribution in [2.75, 3.05) is 7.11 Å². The van der Waals surface area contributed by atoms with Gasteiger partial charge in [-0.2, -0.15) is 0 Å². The van der Waals surface area contributed by atoms with E-state index in [0.717, 1.165) is 18.6 Å². The number of nitrogens with zero attached hydrogens (tertiary/aromatic N) is 1. The van der Waals surface area contributed by atoms with Crippen molar-refractivity contribution in [1.29, 1.82) is 0 Å². The Labute approximate surface area is 107 Å². The van der Waals surface area contributed by atoms with Crippen molar-refractivity contribution in [2.45, 2.75) is 37.3 Å². The lowest BCUT2D eigenvalue weighted by Gasteiger charge is -2.14. The minimum Gasteiger partial charge on any atom is -0.496 e. The molecule has 0 atom stereocenters. The normalized spacial score (nSPS) is 21.2. The molecule has 0 aliphatic heterocycles. The van der Waals surface area contributed by atoms with Crippen LogP contribution in [0.1, 0.15) is 37.4 Å². The van der Waals surface area contributed by atoms with Crippen LogP contribution >= 0.6 is 0 Å². The zero-order chi connectivity index (χ0) is 12.3. The summed E-state index contributed by atoms with van der Waals surface area (Å²) in [5.74, 6) is 0.956. The summed E-state index contributed by atoms with van der Waals surface area (Å²) >= 11 is 0. The highest BCUT2D eigenvalue weighted by molar-refractivity contribution is 5.88. The van der Waals surface area contributed by atoms with Gasteiger partial charge in [-0.3, -0.25) is 0 Å². The van der Waals surface area contributed by atoms with E-state index in [1.54, 1.807) is 7.11 Å². The van der Waals surface area contributed by atoms with Gasteiger partial charge in [0, 0.05) is 17.1 Å².